The lowest BCUT2D eigenvalue weighted by Crippen LogP contribution is -2.28. The summed E-state index contributed by atoms with van der Waals surface area (Å²) in [5.41, 5.74) is 2.94. The van der Waals surface area contributed by atoms with Gasteiger partial charge in [0, 0.05) is 43.8 Å². The van der Waals surface area contributed by atoms with E-state index in [1.54, 1.807) is 12.1 Å². The molecule has 0 saturated heterocycles. The number of rotatable bonds is 8. The van der Waals surface area contributed by atoms with Gasteiger partial charge in [0.1, 0.15) is 0 Å². The minimum atomic E-state index is -0.134. The highest BCUT2D eigenvalue weighted by atomic mass is 79.9. The molecule has 0 aliphatic carbocycles. The van der Waals surface area contributed by atoms with E-state index < -0.39 is 0 Å². The molecule has 29 heavy (non-hydrogen) atoms. The zero-order chi connectivity index (χ0) is 20.8. The van der Waals surface area contributed by atoms with E-state index in [0.717, 1.165) is 17.3 Å². The van der Waals surface area contributed by atoms with Crippen molar-refractivity contribution < 1.29 is 4.79 Å². The van der Waals surface area contributed by atoms with Crippen molar-refractivity contribution in [3.05, 3.63) is 69.2 Å². The molecule has 0 spiro atoms. The zero-order valence-electron chi connectivity index (χ0n) is 16.7. The lowest BCUT2D eigenvalue weighted by Gasteiger charge is -2.12. The Kier molecular flexibility index (Phi) is 7.04. The van der Waals surface area contributed by atoms with Gasteiger partial charge in [0.25, 0.3) is 5.56 Å². The Hall–Kier alpha value is -2.67. The molecule has 1 aromatic heterocycles. The topological polar surface area (TPSA) is 67.2 Å². The minimum absolute atomic E-state index is 0.0609. The molecule has 6 nitrogen and oxygen atoms in total. The number of carbonyl (C=O) groups is 1. The van der Waals surface area contributed by atoms with E-state index in [-0.39, 0.29) is 17.9 Å². The van der Waals surface area contributed by atoms with Gasteiger partial charge in [-0.2, -0.15) is 0 Å². The van der Waals surface area contributed by atoms with Gasteiger partial charge in [-0.25, -0.2) is 4.98 Å². The third-order valence-electron chi connectivity index (χ3n) is 4.78. The Bertz CT molecular complexity index is 1040. The van der Waals surface area contributed by atoms with Gasteiger partial charge in [0.15, 0.2) is 0 Å². The molecule has 7 heteroatoms. The first kappa shape index (κ1) is 21.0. The number of halogens is 1. The lowest BCUT2D eigenvalue weighted by atomic mass is 10.1. The van der Waals surface area contributed by atoms with Crippen LogP contribution >= 0.6 is 15.9 Å². The Labute approximate surface area is 178 Å². The van der Waals surface area contributed by atoms with Crippen molar-refractivity contribution in [2.75, 3.05) is 25.5 Å². The summed E-state index contributed by atoms with van der Waals surface area (Å²) in [6, 6.07) is 13.8. The van der Waals surface area contributed by atoms with Crippen LogP contribution < -0.4 is 15.8 Å². The molecule has 0 fully saturated rings. The maximum Gasteiger partial charge on any atom is 0.261 e. The highest BCUT2D eigenvalue weighted by Gasteiger charge is 2.07. The molecule has 152 valence electrons. The lowest BCUT2D eigenvalue weighted by molar-refractivity contribution is -0.121. The van der Waals surface area contributed by atoms with E-state index >= 15 is 0 Å². The van der Waals surface area contributed by atoms with Crippen molar-refractivity contribution in [3.8, 4) is 0 Å². The summed E-state index contributed by atoms with van der Waals surface area (Å²) >= 11 is 3.37. The summed E-state index contributed by atoms with van der Waals surface area (Å²) in [5, 5.41) is 3.47. The second-order valence-corrected chi connectivity index (χ2v) is 8.08. The number of hydrogen-bond donors (Lipinski definition) is 1. The van der Waals surface area contributed by atoms with E-state index in [4.69, 9.17) is 0 Å². The van der Waals surface area contributed by atoms with Crippen LogP contribution in [-0.4, -0.2) is 36.1 Å². The molecule has 0 radical (unpaired) electrons. The molecule has 2 aromatic carbocycles. The number of aryl methyl sites for hydroxylation is 2. The predicted octanol–water partition coefficient (Wildman–Crippen LogP) is 3.36. The Balaban J connectivity index is 1.45. The minimum Gasteiger partial charge on any atom is -0.378 e. The molecule has 1 N–H and O–H groups in total. The first-order chi connectivity index (χ1) is 13.9. The molecular weight excluding hydrogens is 432 g/mol. The van der Waals surface area contributed by atoms with Crippen LogP contribution in [0.3, 0.4) is 0 Å². The van der Waals surface area contributed by atoms with Crippen molar-refractivity contribution in [2.45, 2.75) is 25.8 Å². The van der Waals surface area contributed by atoms with Gasteiger partial charge in [-0.3, -0.25) is 14.2 Å². The second-order valence-electron chi connectivity index (χ2n) is 7.17. The number of amides is 1. The molecule has 1 amide bonds. The van der Waals surface area contributed by atoms with Gasteiger partial charge in [-0.1, -0.05) is 28.1 Å². The SMILES string of the molecule is CN(C)c1ccc(CCCNC(=O)CCn2cnc3ccc(Br)cc3c2=O)cc1. The molecule has 1 heterocycles. The van der Waals surface area contributed by atoms with Crippen LogP contribution in [0.2, 0.25) is 0 Å². The average molecular weight is 457 g/mol. The summed E-state index contributed by atoms with van der Waals surface area (Å²) in [4.78, 5) is 31.0. The van der Waals surface area contributed by atoms with Crippen LogP contribution in [0.25, 0.3) is 10.9 Å². The number of aromatic nitrogens is 2. The van der Waals surface area contributed by atoms with Crippen LogP contribution in [0.1, 0.15) is 18.4 Å². The fourth-order valence-electron chi connectivity index (χ4n) is 3.08. The van der Waals surface area contributed by atoms with E-state index in [9.17, 15) is 9.59 Å². The normalized spacial score (nSPS) is 10.9. The van der Waals surface area contributed by atoms with Gasteiger partial charge >= 0.3 is 0 Å². The van der Waals surface area contributed by atoms with Gasteiger partial charge in [0.05, 0.1) is 17.2 Å². The zero-order valence-corrected chi connectivity index (χ0v) is 18.3. The van der Waals surface area contributed by atoms with Crippen molar-refractivity contribution in [1.82, 2.24) is 14.9 Å². The van der Waals surface area contributed by atoms with Crippen molar-refractivity contribution in [2.24, 2.45) is 0 Å². The van der Waals surface area contributed by atoms with Crippen LogP contribution in [0.5, 0.6) is 0 Å². The Morgan fingerprint density at radius 2 is 1.93 bits per heavy atom. The first-order valence-corrected chi connectivity index (χ1v) is 10.4. The third-order valence-corrected chi connectivity index (χ3v) is 5.28. The molecule has 0 aliphatic heterocycles. The number of hydrogen-bond acceptors (Lipinski definition) is 4. The second kappa shape index (κ2) is 9.69. The highest BCUT2D eigenvalue weighted by molar-refractivity contribution is 9.10. The fraction of sp³-hybridized carbons (Fsp3) is 0.318. The smallest absolute Gasteiger partial charge is 0.261 e. The summed E-state index contributed by atoms with van der Waals surface area (Å²) in [7, 11) is 4.04. The van der Waals surface area contributed by atoms with Crippen molar-refractivity contribution >= 4 is 38.4 Å². The van der Waals surface area contributed by atoms with Crippen molar-refractivity contribution in [3.63, 3.8) is 0 Å². The number of carbonyl (C=O) groups excluding carboxylic acids is 1. The van der Waals surface area contributed by atoms with Gasteiger partial charge in [-0.05, 0) is 48.7 Å². The number of nitrogens with one attached hydrogen (secondary N) is 1. The summed E-state index contributed by atoms with van der Waals surface area (Å²) in [5.74, 6) is -0.0609. The molecule has 3 rings (SSSR count). The molecule has 0 aliphatic rings. The average Bonchev–Trinajstić information content (AvgIpc) is 2.71. The van der Waals surface area contributed by atoms with E-state index in [1.165, 1.54) is 22.1 Å². The first-order valence-electron chi connectivity index (χ1n) is 9.62. The molecule has 0 saturated carbocycles. The third kappa shape index (κ3) is 5.67. The Morgan fingerprint density at radius 1 is 1.17 bits per heavy atom. The summed E-state index contributed by atoms with van der Waals surface area (Å²) < 4.78 is 2.32. The van der Waals surface area contributed by atoms with Gasteiger partial charge in [-0.15, -0.1) is 0 Å². The predicted molar refractivity (Wildman–Crippen MR) is 120 cm³/mol. The standard InChI is InChI=1S/C22H25BrN4O2/c1-26(2)18-8-5-16(6-9-18)4-3-12-24-21(28)11-13-27-15-25-20-10-7-17(23)14-19(20)22(27)29/h5-10,14-15H,3-4,11-13H2,1-2H3,(H,24,28). The van der Waals surface area contributed by atoms with Crippen LogP contribution in [-0.2, 0) is 17.8 Å². The van der Waals surface area contributed by atoms with Crippen LogP contribution in [0, 0.1) is 0 Å². The van der Waals surface area contributed by atoms with Crippen LogP contribution in [0.4, 0.5) is 5.69 Å². The molecule has 0 unspecified atom stereocenters. The summed E-state index contributed by atoms with van der Waals surface area (Å²) in [6.45, 7) is 0.929. The van der Waals surface area contributed by atoms with Crippen LogP contribution in [0.15, 0.2) is 58.1 Å². The summed E-state index contributed by atoms with van der Waals surface area (Å²) in [6.07, 6.45) is 3.54. The van der Waals surface area contributed by atoms with Gasteiger partial charge in [0.2, 0.25) is 5.91 Å². The highest BCUT2D eigenvalue weighted by Crippen LogP contribution is 2.15. The Morgan fingerprint density at radius 3 is 2.66 bits per heavy atom. The molecule has 0 bridgehead atoms. The largest absolute Gasteiger partial charge is 0.378 e. The molecule has 0 atom stereocenters. The van der Waals surface area contributed by atoms with Gasteiger partial charge < -0.3 is 10.2 Å². The fourth-order valence-corrected chi connectivity index (χ4v) is 3.44. The van der Waals surface area contributed by atoms with E-state index in [0.29, 0.717) is 24.0 Å². The van der Waals surface area contributed by atoms with E-state index in [2.05, 4.69) is 55.4 Å². The molecular formula is C22H25BrN4O2. The number of fused-ring (bicyclic) bond motifs is 1. The molecule has 3 aromatic rings. The monoisotopic (exact) mass is 456 g/mol. The maximum absolute atomic E-state index is 12.5. The van der Waals surface area contributed by atoms with E-state index in [1.807, 2.05) is 20.2 Å². The quantitative estimate of drug-likeness (QED) is 0.527. The maximum atomic E-state index is 12.5. The number of nitrogens with zero attached hydrogens (tertiary/aromatic N) is 3. The number of benzene rings is 2. The van der Waals surface area contributed by atoms with Crippen molar-refractivity contribution in [1.29, 1.82) is 0 Å². The number of anilines is 1.